The normalized spacial score (nSPS) is 11.7. The highest BCUT2D eigenvalue weighted by molar-refractivity contribution is 5.73. The van der Waals surface area contributed by atoms with Crippen molar-refractivity contribution in [3.63, 3.8) is 0 Å². The summed E-state index contributed by atoms with van der Waals surface area (Å²) in [5.41, 5.74) is -0.205. The van der Waals surface area contributed by atoms with Gasteiger partial charge in [0, 0.05) is 13.2 Å². The zero-order valence-corrected chi connectivity index (χ0v) is 10.4. The molecule has 0 aliphatic carbocycles. The Morgan fingerprint density at radius 3 is 2.78 bits per heavy atom. The van der Waals surface area contributed by atoms with Crippen molar-refractivity contribution >= 4 is 5.97 Å². The summed E-state index contributed by atoms with van der Waals surface area (Å²) in [4.78, 5) is 11.1. The van der Waals surface area contributed by atoms with Crippen LogP contribution in [0.15, 0.2) is 12.3 Å². The van der Waals surface area contributed by atoms with Crippen molar-refractivity contribution in [3.05, 3.63) is 12.3 Å². The second-order valence-electron chi connectivity index (χ2n) is 4.69. The highest BCUT2D eigenvalue weighted by Crippen LogP contribution is 2.21. The highest BCUT2D eigenvalue weighted by Gasteiger charge is 2.30. The molecule has 0 unspecified atom stereocenters. The van der Waals surface area contributed by atoms with Crippen molar-refractivity contribution in [1.82, 2.24) is 30.0 Å². The maximum Gasteiger partial charge on any atom is 0.310 e. The van der Waals surface area contributed by atoms with Crippen molar-refractivity contribution in [1.29, 1.82) is 0 Å². The molecule has 2 rings (SSSR count). The number of aryl methyl sites for hydroxylation is 1. The minimum atomic E-state index is -0.942. The topological polar surface area (TPSA) is 98.7 Å². The van der Waals surface area contributed by atoms with Gasteiger partial charge in [0.2, 0.25) is 0 Å². The molecule has 0 fully saturated rings. The van der Waals surface area contributed by atoms with Gasteiger partial charge in [-0.2, -0.15) is 5.10 Å². The molecule has 2 aromatic rings. The van der Waals surface area contributed by atoms with E-state index in [1.165, 1.54) is 4.68 Å². The summed E-state index contributed by atoms with van der Waals surface area (Å²) < 4.78 is 3.11. The lowest BCUT2D eigenvalue weighted by atomic mass is 9.94. The van der Waals surface area contributed by atoms with E-state index >= 15 is 0 Å². The summed E-state index contributed by atoms with van der Waals surface area (Å²) in [5.74, 6) is -0.390. The zero-order chi connectivity index (χ0) is 13.3. The first kappa shape index (κ1) is 12.2. The van der Waals surface area contributed by atoms with E-state index in [1.54, 1.807) is 37.8 Å². The van der Waals surface area contributed by atoms with Crippen LogP contribution >= 0.6 is 0 Å². The second-order valence-corrected chi connectivity index (χ2v) is 4.69. The van der Waals surface area contributed by atoms with E-state index in [-0.39, 0.29) is 6.54 Å². The minimum Gasteiger partial charge on any atom is -0.481 e. The third-order valence-electron chi connectivity index (χ3n) is 2.71. The van der Waals surface area contributed by atoms with Crippen LogP contribution < -0.4 is 0 Å². The molecule has 0 radical (unpaired) electrons. The van der Waals surface area contributed by atoms with E-state index in [9.17, 15) is 4.79 Å². The molecule has 2 aromatic heterocycles. The average Bonchev–Trinajstić information content (AvgIpc) is 2.86. The number of carboxylic acid groups (broad SMARTS) is 1. The number of aromatic nitrogens is 6. The van der Waals surface area contributed by atoms with Gasteiger partial charge in [0.1, 0.15) is 5.69 Å². The Labute approximate surface area is 103 Å². The molecule has 1 N–H and O–H groups in total. The number of tetrazole rings is 1. The number of carboxylic acids is 1. The summed E-state index contributed by atoms with van der Waals surface area (Å²) >= 11 is 0. The van der Waals surface area contributed by atoms with Crippen LogP contribution in [0.25, 0.3) is 11.5 Å². The third-order valence-corrected chi connectivity index (χ3v) is 2.71. The summed E-state index contributed by atoms with van der Waals surface area (Å²) in [5, 5.41) is 24.5. The molecule has 96 valence electrons. The van der Waals surface area contributed by atoms with Gasteiger partial charge in [-0.15, -0.1) is 5.10 Å². The van der Waals surface area contributed by atoms with Gasteiger partial charge < -0.3 is 5.11 Å². The van der Waals surface area contributed by atoms with E-state index < -0.39 is 11.4 Å². The van der Waals surface area contributed by atoms with E-state index in [2.05, 4.69) is 20.6 Å². The van der Waals surface area contributed by atoms with E-state index in [0.717, 1.165) is 5.69 Å². The van der Waals surface area contributed by atoms with Crippen LogP contribution in [-0.4, -0.2) is 41.1 Å². The lowest BCUT2D eigenvalue weighted by Gasteiger charge is -2.18. The van der Waals surface area contributed by atoms with Gasteiger partial charge >= 0.3 is 5.97 Å². The largest absolute Gasteiger partial charge is 0.481 e. The van der Waals surface area contributed by atoms with Crippen LogP contribution in [0, 0.1) is 5.41 Å². The molecule has 0 bridgehead atoms. The minimum absolute atomic E-state index is 0.190. The van der Waals surface area contributed by atoms with Gasteiger partial charge in [-0.25, -0.2) is 4.68 Å². The fraction of sp³-hybridized carbons (Fsp3) is 0.500. The van der Waals surface area contributed by atoms with Gasteiger partial charge in [-0.1, -0.05) is 0 Å². The summed E-state index contributed by atoms with van der Waals surface area (Å²) in [7, 11) is 1.77. The summed E-state index contributed by atoms with van der Waals surface area (Å²) in [6, 6.07) is 1.77. The first-order valence-corrected chi connectivity index (χ1v) is 5.40. The quantitative estimate of drug-likeness (QED) is 0.831. The van der Waals surface area contributed by atoms with Gasteiger partial charge in [0.05, 0.1) is 12.0 Å². The standard InChI is InChI=1S/C10H14N6O2/c1-10(2,9(17)18)6-16-8(12-13-14-16)7-4-5-11-15(7)3/h4-5H,6H2,1-3H3,(H,17,18). The molecule has 0 aliphatic heterocycles. The van der Waals surface area contributed by atoms with Crippen molar-refractivity contribution in [2.24, 2.45) is 12.5 Å². The summed E-state index contributed by atoms with van der Waals surface area (Å²) in [6.45, 7) is 3.45. The number of rotatable bonds is 4. The van der Waals surface area contributed by atoms with Crippen molar-refractivity contribution in [3.8, 4) is 11.5 Å². The predicted molar refractivity (Wildman–Crippen MR) is 61.4 cm³/mol. The molecule has 0 spiro atoms. The molecular weight excluding hydrogens is 236 g/mol. The Kier molecular flexibility index (Phi) is 2.85. The molecule has 0 amide bonds. The lowest BCUT2D eigenvalue weighted by molar-refractivity contribution is -0.147. The SMILES string of the molecule is Cn1nccc1-c1nnnn1CC(C)(C)C(=O)O. The van der Waals surface area contributed by atoms with Crippen molar-refractivity contribution < 1.29 is 9.90 Å². The maximum absolute atomic E-state index is 11.1. The molecule has 8 nitrogen and oxygen atoms in total. The van der Waals surface area contributed by atoms with Crippen molar-refractivity contribution in [2.45, 2.75) is 20.4 Å². The van der Waals surface area contributed by atoms with Crippen LogP contribution in [-0.2, 0) is 18.4 Å². The first-order chi connectivity index (χ1) is 8.42. The van der Waals surface area contributed by atoms with E-state index in [0.29, 0.717) is 5.82 Å². The maximum atomic E-state index is 11.1. The van der Waals surface area contributed by atoms with Crippen LogP contribution in [0.2, 0.25) is 0 Å². The molecular formula is C10H14N6O2. The van der Waals surface area contributed by atoms with Crippen LogP contribution in [0.3, 0.4) is 0 Å². The predicted octanol–water partition coefficient (Wildman–Crippen LogP) is 0.184. The molecule has 0 saturated carbocycles. The van der Waals surface area contributed by atoms with Gasteiger partial charge in [0.25, 0.3) is 0 Å². The van der Waals surface area contributed by atoms with E-state index in [1.807, 2.05) is 0 Å². The number of nitrogens with zero attached hydrogens (tertiary/aromatic N) is 6. The van der Waals surface area contributed by atoms with Crippen LogP contribution in [0.5, 0.6) is 0 Å². The Hall–Kier alpha value is -2.25. The molecule has 0 atom stereocenters. The molecule has 0 aromatic carbocycles. The van der Waals surface area contributed by atoms with Crippen LogP contribution in [0.4, 0.5) is 0 Å². The van der Waals surface area contributed by atoms with Crippen LogP contribution in [0.1, 0.15) is 13.8 Å². The molecule has 2 heterocycles. The van der Waals surface area contributed by atoms with Gasteiger partial charge in [-0.3, -0.25) is 9.48 Å². The second kappa shape index (κ2) is 4.21. The molecule has 18 heavy (non-hydrogen) atoms. The van der Waals surface area contributed by atoms with Gasteiger partial charge in [-0.05, 0) is 30.3 Å². The van der Waals surface area contributed by atoms with E-state index in [4.69, 9.17) is 5.11 Å². The molecule has 0 aliphatic rings. The molecule has 0 saturated heterocycles. The zero-order valence-electron chi connectivity index (χ0n) is 10.4. The number of aliphatic carboxylic acids is 1. The Morgan fingerprint density at radius 1 is 1.50 bits per heavy atom. The average molecular weight is 250 g/mol. The monoisotopic (exact) mass is 250 g/mol. The fourth-order valence-electron chi connectivity index (χ4n) is 1.53. The summed E-state index contributed by atoms with van der Waals surface area (Å²) in [6.07, 6.45) is 1.64. The smallest absolute Gasteiger partial charge is 0.310 e. The Morgan fingerprint density at radius 2 is 2.22 bits per heavy atom. The Bertz CT molecular complexity index is 570. The van der Waals surface area contributed by atoms with Gasteiger partial charge in [0.15, 0.2) is 5.82 Å². The highest BCUT2D eigenvalue weighted by atomic mass is 16.4. The van der Waals surface area contributed by atoms with Crippen molar-refractivity contribution in [2.75, 3.05) is 0 Å². The first-order valence-electron chi connectivity index (χ1n) is 5.40. The molecule has 8 heteroatoms. The number of hydrogen-bond donors (Lipinski definition) is 1. The lowest BCUT2D eigenvalue weighted by Crippen LogP contribution is -2.30. The Balaban J connectivity index is 2.35. The number of carbonyl (C=O) groups is 1. The number of hydrogen-bond acceptors (Lipinski definition) is 5. The fourth-order valence-corrected chi connectivity index (χ4v) is 1.53. The third kappa shape index (κ3) is 2.08.